The van der Waals surface area contributed by atoms with Crippen molar-refractivity contribution in [3.8, 4) is 0 Å². The Labute approximate surface area is 168 Å². The molecule has 0 aliphatic heterocycles. The average Bonchev–Trinajstić information content (AvgIpc) is 2.63. The second-order valence-electron chi connectivity index (χ2n) is 7.35. The Balaban J connectivity index is 2.27. The average molecular weight is 403 g/mol. The Kier molecular flexibility index (Phi) is 6.88. The predicted octanol–water partition coefficient (Wildman–Crippen LogP) is 3.90. The highest BCUT2D eigenvalue weighted by Crippen LogP contribution is 2.26. The van der Waals surface area contributed by atoms with Crippen LogP contribution in [0.4, 0.5) is 5.69 Å². The molecule has 5 nitrogen and oxygen atoms in total. The maximum Gasteiger partial charge on any atom is 0.244 e. The van der Waals surface area contributed by atoms with Crippen molar-refractivity contribution in [3.63, 3.8) is 0 Å². The van der Waals surface area contributed by atoms with Gasteiger partial charge in [-0.15, -0.1) is 0 Å². The van der Waals surface area contributed by atoms with Gasteiger partial charge < -0.3 is 5.32 Å². The molecule has 28 heavy (non-hydrogen) atoms. The summed E-state index contributed by atoms with van der Waals surface area (Å²) < 4.78 is 26.2. The molecule has 2 rings (SSSR count). The molecular formula is C22H30N2O3S. The third-order valence-corrected chi connectivity index (χ3v) is 6.16. The van der Waals surface area contributed by atoms with Crippen LogP contribution in [0.25, 0.3) is 0 Å². The van der Waals surface area contributed by atoms with Crippen LogP contribution in [-0.2, 0) is 21.2 Å². The third-order valence-electron chi connectivity index (χ3n) is 4.94. The zero-order valence-corrected chi connectivity index (χ0v) is 18.3. The van der Waals surface area contributed by atoms with Gasteiger partial charge >= 0.3 is 0 Å². The maximum atomic E-state index is 12.9. The molecule has 2 aromatic carbocycles. The predicted molar refractivity (Wildman–Crippen MR) is 115 cm³/mol. The van der Waals surface area contributed by atoms with Gasteiger partial charge in [-0.2, -0.15) is 0 Å². The van der Waals surface area contributed by atoms with Crippen molar-refractivity contribution in [1.82, 2.24) is 5.32 Å². The molecule has 0 aliphatic rings. The molecule has 0 saturated heterocycles. The zero-order chi connectivity index (χ0) is 21.1. The van der Waals surface area contributed by atoms with Gasteiger partial charge in [0.15, 0.2) is 0 Å². The quantitative estimate of drug-likeness (QED) is 0.764. The van der Waals surface area contributed by atoms with E-state index in [9.17, 15) is 13.2 Å². The van der Waals surface area contributed by atoms with Gasteiger partial charge in [0.25, 0.3) is 0 Å². The molecule has 0 fully saturated rings. The van der Waals surface area contributed by atoms with Crippen LogP contribution in [0.15, 0.2) is 42.5 Å². The number of sulfonamides is 1. The lowest BCUT2D eigenvalue weighted by Gasteiger charge is -2.30. The van der Waals surface area contributed by atoms with Crippen molar-refractivity contribution in [2.24, 2.45) is 0 Å². The topological polar surface area (TPSA) is 66.5 Å². The number of amides is 1. The fraction of sp³-hybridized carbons (Fsp3) is 0.409. The standard InChI is InChI=1S/C22H30N2O3S/c1-7-19-10-12-20(13-11-19)17(4)23-22(25)18(5)24(28(6,26)27)21-14-15(2)8-9-16(21)3/h8-14,17-18H,7H2,1-6H3,(H,23,25)/t17-,18-/m0/s1. The third kappa shape index (κ3) is 5.13. The number of hydrogen-bond donors (Lipinski definition) is 1. The van der Waals surface area contributed by atoms with E-state index < -0.39 is 16.1 Å². The highest BCUT2D eigenvalue weighted by atomic mass is 32.2. The van der Waals surface area contributed by atoms with Gasteiger partial charge in [0.1, 0.15) is 6.04 Å². The number of hydrogen-bond acceptors (Lipinski definition) is 3. The molecule has 0 spiro atoms. The Morgan fingerprint density at radius 3 is 2.21 bits per heavy atom. The Morgan fingerprint density at radius 2 is 1.68 bits per heavy atom. The number of benzene rings is 2. The summed E-state index contributed by atoms with van der Waals surface area (Å²) in [5.41, 5.74) is 4.49. The molecule has 0 heterocycles. The van der Waals surface area contributed by atoms with E-state index in [1.54, 1.807) is 13.0 Å². The van der Waals surface area contributed by atoms with Crippen molar-refractivity contribution in [3.05, 3.63) is 64.7 Å². The molecule has 0 aromatic heterocycles. The van der Waals surface area contributed by atoms with Crippen LogP contribution in [0.2, 0.25) is 0 Å². The zero-order valence-electron chi connectivity index (χ0n) is 17.5. The number of nitrogens with one attached hydrogen (secondary N) is 1. The number of rotatable bonds is 7. The lowest BCUT2D eigenvalue weighted by molar-refractivity contribution is -0.122. The Bertz CT molecular complexity index is 937. The van der Waals surface area contributed by atoms with E-state index in [0.717, 1.165) is 29.4 Å². The monoisotopic (exact) mass is 402 g/mol. The first-order chi connectivity index (χ1) is 13.0. The van der Waals surface area contributed by atoms with E-state index in [0.29, 0.717) is 5.69 Å². The number of anilines is 1. The summed E-state index contributed by atoms with van der Waals surface area (Å²) in [5, 5.41) is 2.94. The Hall–Kier alpha value is -2.34. The van der Waals surface area contributed by atoms with Crippen molar-refractivity contribution in [2.75, 3.05) is 10.6 Å². The van der Waals surface area contributed by atoms with Crippen LogP contribution in [0, 0.1) is 13.8 Å². The molecule has 0 saturated carbocycles. The fourth-order valence-electron chi connectivity index (χ4n) is 3.20. The van der Waals surface area contributed by atoms with Gasteiger partial charge in [-0.25, -0.2) is 8.42 Å². The summed E-state index contributed by atoms with van der Waals surface area (Å²) in [6.45, 7) is 9.35. The lowest BCUT2D eigenvalue weighted by Crippen LogP contribution is -2.48. The lowest BCUT2D eigenvalue weighted by atomic mass is 10.0. The molecule has 2 atom stereocenters. The number of nitrogens with zero attached hydrogens (tertiary/aromatic N) is 1. The summed E-state index contributed by atoms with van der Waals surface area (Å²) in [6, 6.07) is 12.6. The van der Waals surface area contributed by atoms with Crippen LogP contribution in [0.1, 0.15) is 49.1 Å². The smallest absolute Gasteiger partial charge is 0.244 e. The summed E-state index contributed by atoms with van der Waals surface area (Å²) in [6.07, 6.45) is 2.09. The van der Waals surface area contributed by atoms with E-state index in [4.69, 9.17) is 0 Å². The van der Waals surface area contributed by atoms with Crippen molar-refractivity contribution in [1.29, 1.82) is 0 Å². The normalized spacial score (nSPS) is 13.6. The summed E-state index contributed by atoms with van der Waals surface area (Å²) in [7, 11) is -3.64. The highest BCUT2D eigenvalue weighted by Gasteiger charge is 2.30. The van der Waals surface area contributed by atoms with Gasteiger partial charge in [-0.05, 0) is 62.4 Å². The molecule has 152 valence electrons. The molecule has 1 amide bonds. The summed E-state index contributed by atoms with van der Waals surface area (Å²) in [4.78, 5) is 12.9. The van der Waals surface area contributed by atoms with Crippen molar-refractivity contribution in [2.45, 2.75) is 53.1 Å². The van der Waals surface area contributed by atoms with Crippen LogP contribution in [-0.4, -0.2) is 26.6 Å². The van der Waals surface area contributed by atoms with Crippen LogP contribution < -0.4 is 9.62 Å². The second kappa shape index (κ2) is 8.78. The number of carbonyl (C=O) groups excluding carboxylic acids is 1. The first kappa shape index (κ1) is 22.0. The first-order valence-corrected chi connectivity index (χ1v) is 11.3. The molecular weight excluding hydrogens is 372 g/mol. The van der Waals surface area contributed by atoms with Crippen LogP contribution >= 0.6 is 0 Å². The van der Waals surface area contributed by atoms with Crippen molar-refractivity contribution < 1.29 is 13.2 Å². The van der Waals surface area contributed by atoms with Gasteiger partial charge in [-0.1, -0.05) is 43.3 Å². The van der Waals surface area contributed by atoms with Crippen molar-refractivity contribution >= 4 is 21.6 Å². The number of carbonyl (C=O) groups is 1. The Morgan fingerprint density at radius 1 is 1.07 bits per heavy atom. The molecule has 6 heteroatoms. The first-order valence-electron chi connectivity index (χ1n) is 9.50. The minimum atomic E-state index is -3.64. The largest absolute Gasteiger partial charge is 0.348 e. The molecule has 0 unspecified atom stereocenters. The van der Waals surface area contributed by atoms with E-state index in [1.165, 1.54) is 9.87 Å². The highest BCUT2D eigenvalue weighted by molar-refractivity contribution is 7.92. The van der Waals surface area contributed by atoms with E-state index >= 15 is 0 Å². The van der Waals surface area contributed by atoms with Gasteiger partial charge in [-0.3, -0.25) is 9.10 Å². The van der Waals surface area contributed by atoms with Gasteiger partial charge in [0.2, 0.25) is 15.9 Å². The van der Waals surface area contributed by atoms with E-state index in [2.05, 4.69) is 12.2 Å². The SMILES string of the molecule is CCc1ccc([C@H](C)NC(=O)[C@H](C)N(c2cc(C)ccc2C)S(C)(=O)=O)cc1. The molecule has 0 radical (unpaired) electrons. The minimum absolute atomic E-state index is 0.221. The van der Waals surface area contributed by atoms with Gasteiger partial charge in [0, 0.05) is 0 Å². The number of aryl methyl sites for hydroxylation is 3. The molecule has 2 aromatic rings. The van der Waals surface area contributed by atoms with Crippen LogP contribution in [0.3, 0.4) is 0 Å². The second-order valence-corrected chi connectivity index (χ2v) is 9.21. The van der Waals surface area contributed by atoms with Gasteiger partial charge in [0.05, 0.1) is 18.0 Å². The minimum Gasteiger partial charge on any atom is -0.348 e. The van der Waals surface area contributed by atoms with Crippen LogP contribution in [0.5, 0.6) is 0 Å². The molecule has 0 bridgehead atoms. The molecule has 1 N–H and O–H groups in total. The maximum absolute atomic E-state index is 12.9. The molecule has 0 aliphatic carbocycles. The van der Waals surface area contributed by atoms with E-state index in [-0.39, 0.29) is 11.9 Å². The van der Waals surface area contributed by atoms with E-state index in [1.807, 2.05) is 57.2 Å². The fourth-order valence-corrected chi connectivity index (χ4v) is 4.42. The summed E-state index contributed by atoms with van der Waals surface area (Å²) >= 11 is 0. The summed E-state index contributed by atoms with van der Waals surface area (Å²) in [5.74, 6) is -0.335.